The predicted octanol–water partition coefficient (Wildman–Crippen LogP) is 1.99. The zero-order valence-corrected chi connectivity index (χ0v) is 8.16. The summed E-state index contributed by atoms with van der Waals surface area (Å²) in [4.78, 5) is 11.7. The van der Waals surface area contributed by atoms with E-state index in [4.69, 9.17) is 5.73 Å². The molecule has 3 heteroatoms. The Morgan fingerprint density at radius 2 is 2.14 bits per heavy atom. The van der Waals surface area contributed by atoms with Gasteiger partial charge in [0.15, 0.2) is 5.78 Å². The van der Waals surface area contributed by atoms with Crippen molar-refractivity contribution in [3.63, 3.8) is 0 Å². The number of hydrogen-bond acceptors (Lipinski definition) is 2. The number of carbonyl (C=O) groups excluding carboxylic acids is 1. The largest absolute Gasteiger partial charge is 0.330 e. The molecule has 0 aromatic heterocycles. The van der Waals surface area contributed by atoms with Gasteiger partial charge < -0.3 is 5.73 Å². The standard InChI is InChI=1S/C11H14FNO/c1-8(6-7-13)11(14)9-4-2-3-5-10(9)12/h2-5,8H,6-7,13H2,1H3. The molecule has 2 N–H and O–H groups in total. The first-order valence-electron chi connectivity index (χ1n) is 4.65. The average Bonchev–Trinajstić information content (AvgIpc) is 2.18. The average molecular weight is 195 g/mol. The van der Waals surface area contributed by atoms with Gasteiger partial charge in [-0.1, -0.05) is 19.1 Å². The van der Waals surface area contributed by atoms with Crippen LogP contribution >= 0.6 is 0 Å². The molecular formula is C11H14FNO. The van der Waals surface area contributed by atoms with Gasteiger partial charge in [-0.05, 0) is 25.1 Å². The summed E-state index contributed by atoms with van der Waals surface area (Å²) in [5.74, 6) is -0.841. The van der Waals surface area contributed by atoms with E-state index in [1.54, 1.807) is 19.1 Å². The van der Waals surface area contributed by atoms with Crippen molar-refractivity contribution in [2.75, 3.05) is 6.54 Å². The summed E-state index contributed by atoms with van der Waals surface area (Å²) >= 11 is 0. The van der Waals surface area contributed by atoms with E-state index in [2.05, 4.69) is 0 Å². The van der Waals surface area contributed by atoms with Crippen molar-refractivity contribution in [3.05, 3.63) is 35.6 Å². The molecule has 1 unspecified atom stereocenters. The lowest BCUT2D eigenvalue weighted by Crippen LogP contribution is -2.16. The molecule has 2 nitrogen and oxygen atoms in total. The normalized spacial score (nSPS) is 12.5. The van der Waals surface area contributed by atoms with Gasteiger partial charge in [0, 0.05) is 5.92 Å². The van der Waals surface area contributed by atoms with E-state index in [-0.39, 0.29) is 17.3 Å². The van der Waals surface area contributed by atoms with E-state index in [0.717, 1.165) is 0 Å². The molecule has 14 heavy (non-hydrogen) atoms. The second-order valence-electron chi connectivity index (χ2n) is 3.32. The van der Waals surface area contributed by atoms with Crippen LogP contribution in [0.1, 0.15) is 23.7 Å². The number of ketones is 1. The molecule has 1 rings (SSSR count). The lowest BCUT2D eigenvalue weighted by molar-refractivity contribution is 0.0921. The summed E-state index contributed by atoms with van der Waals surface area (Å²) in [6.45, 7) is 2.21. The van der Waals surface area contributed by atoms with Gasteiger partial charge in [0.1, 0.15) is 5.82 Å². The number of hydrogen-bond donors (Lipinski definition) is 1. The highest BCUT2D eigenvalue weighted by Crippen LogP contribution is 2.14. The van der Waals surface area contributed by atoms with Crippen LogP contribution in [0.5, 0.6) is 0 Å². The monoisotopic (exact) mass is 195 g/mol. The maximum Gasteiger partial charge on any atom is 0.168 e. The molecule has 1 atom stereocenters. The van der Waals surface area contributed by atoms with Crippen LogP contribution in [-0.4, -0.2) is 12.3 Å². The lowest BCUT2D eigenvalue weighted by atomic mass is 9.96. The Hall–Kier alpha value is -1.22. The van der Waals surface area contributed by atoms with Crippen LogP contribution in [0.3, 0.4) is 0 Å². The number of halogens is 1. The summed E-state index contributed by atoms with van der Waals surface area (Å²) in [5.41, 5.74) is 5.50. The van der Waals surface area contributed by atoms with Gasteiger partial charge >= 0.3 is 0 Å². The molecule has 0 aliphatic heterocycles. The Labute approximate surface area is 82.9 Å². The van der Waals surface area contributed by atoms with E-state index in [1.165, 1.54) is 12.1 Å². The van der Waals surface area contributed by atoms with Crippen molar-refractivity contribution in [3.8, 4) is 0 Å². The minimum absolute atomic E-state index is 0.161. The molecule has 0 aliphatic carbocycles. The molecule has 0 heterocycles. The molecule has 1 aromatic carbocycles. The number of Topliss-reactive ketones (excluding diaryl/α,β-unsaturated/α-hetero) is 1. The third-order valence-electron chi connectivity index (χ3n) is 2.19. The first kappa shape index (κ1) is 10.9. The summed E-state index contributed by atoms with van der Waals surface area (Å²) in [7, 11) is 0. The Morgan fingerprint density at radius 1 is 1.50 bits per heavy atom. The Kier molecular flexibility index (Phi) is 3.77. The van der Waals surface area contributed by atoms with Crippen molar-refractivity contribution in [1.29, 1.82) is 0 Å². The minimum Gasteiger partial charge on any atom is -0.330 e. The lowest BCUT2D eigenvalue weighted by Gasteiger charge is -2.09. The Morgan fingerprint density at radius 3 is 2.71 bits per heavy atom. The maximum atomic E-state index is 13.2. The maximum absolute atomic E-state index is 13.2. The molecular weight excluding hydrogens is 181 g/mol. The molecule has 0 fully saturated rings. The second kappa shape index (κ2) is 4.86. The highest BCUT2D eigenvalue weighted by Gasteiger charge is 2.17. The van der Waals surface area contributed by atoms with Gasteiger partial charge in [0.25, 0.3) is 0 Å². The molecule has 0 spiro atoms. The zero-order chi connectivity index (χ0) is 10.6. The zero-order valence-electron chi connectivity index (χ0n) is 8.16. The van der Waals surface area contributed by atoms with Gasteiger partial charge in [-0.15, -0.1) is 0 Å². The van der Waals surface area contributed by atoms with Gasteiger partial charge in [0.05, 0.1) is 5.56 Å². The fourth-order valence-electron chi connectivity index (χ4n) is 1.31. The van der Waals surface area contributed by atoms with Crippen LogP contribution in [0, 0.1) is 11.7 Å². The fraction of sp³-hybridized carbons (Fsp3) is 0.364. The van der Waals surface area contributed by atoms with Gasteiger partial charge in [-0.2, -0.15) is 0 Å². The third kappa shape index (κ3) is 2.39. The molecule has 0 saturated carbocycles. The second-order valence-corrected chi connectivity index (χ2v) is 3.32. The molecule has 0 amide bonds. The first-order chi connectivity index (χ1) is 6.66. The van der Waals surface area contributed by atoms with Crippen molar-refractivity contribution in [1.82, 2.24) is 0 Å². The topological polar surface area (TPSA) is 43.1 Å². The Balaban J connectivity index is 2.84. The van der Waals surface area contributed by atoms with Crippen molar-refractivity contribution < 1.29 is 9.18 Å². The summed E-state index contributed by atoms with van der Waals surface area (Å²) in [6.07, 6.45) is 0.590. The van der Waals surface area contributed by atoms with Gasteiger partial charge in [-0.3, -0.25) is 4.79 Å². The van der Waals surface area contributed by atoms with E-state index >= 15 is 0 Å². The highest BCUT2D eigenvalue weighted by atomic mass is 19.1. The number of carbonyl (C=O) groups is 1. The van der Waals surface area contributed by atoms with E-state index in [1.807, 2.05) is 0 Å². The number of rotatable bonds is 4. The van der Waals surface area contributed by atoms with E-state index in [9.17, 15) is 9.18 Å². The fourth-order valence-corrected chi connectivity index (χ4v) is 1.31. The number of nitrogens with two attached hydrogens (primary N) is 1. The summed E-state index contributed by atoms with van der Waals surface area (Å²) in [6, 6.07) is 6.03. The van der Waals surface area contributed by atoms with Crippen LogP contribution in [0.4, 0.5) is 4.39 Å². The van der Waals surface area contributed by atoms with Crippen molar-refractivity contribution >= 4 is 5.78 Å². The van der Waals surface area contributed by atoms with Crippen LogP contribution in [-0.2, 0) is 0 Å². The summed E-state index contributed by atoms with van der Waals surface area (Å²) < 4.78 is 13.2. The number of benzene rings is 1. The predicted molar refractivity (Wildman–Crippen MR) is 53.6 cm³/mol. The van der Waals surface area contributed by atoms with Crippen molar-refractivity contribution in [2.24, 2.45) is 11.7 Å². The molecule has 0 aliphatic rings. The molecule has 76 valence electrons. The van der Waals surface area contributed by atoms with Gasteiger partial charge in [0.2, 0.25) is 0 Å². The molecule has 0 bridgehead atoms. The van der Waals surface area contributed by atoms with Crippen molar-refractivity contribution in [2.45, 2.75) is 13.3 Å². The Bertz CT molecular complexity index is 325. The minimum atomic E-state index is -0.457. The third-order valence-corrected chi connectivity index (χ3v) is 2.19. The molecule has 0 saturated heterocycles. The van der Waals surface area contributed by atoms with Gasteiger partial charge in [-0.25, -0.2) is 4.39 Å². The van der Waals surface area contributed by atoms with Crippen LogP contribution in [0.25, 0.3) is 0 Å². The van der Waals surface area contributed by atoms with E-state index < -0.39 is 5.82 Å². The SMILES string of the molecule is CC(CCN)C(=O)c1ccccc1F. The first-order valence-corrected chi connectivity index (χ1v) is 4.65. The molecule has 1 aromatic rings. The smallest absolute Gasteiger partial charge is 0.168 e. The summed E-state index contributed by atoms with van der Waals surface area (Å²) in [5, 5.41) is 0. The van der Waals surface area contributed by atoms with Crippen LogP contribution in [0.2, 0.25) is 0 Å². The highest BCUT2D eigenvalue weighted by molar-refractivity contribution is 5.97. The quantitative estimate of drug-likeness (QED) is 0.746. The van der Waals surface area contributed by atoms with Crippen LogP contribution in [0.15, 0.2) is 24.3 Å². The van der Waals surface area contributed by atoms with Crippen LogP contribution < -0.4 is 5.73 Å². The van der Waals surface area contributed by atoms with E-state index in [0.29, 0.717) is 13.0 Å². The molecule has 0 radical (unpaired) electrons.